The number of rotatable bonds is 12. The predicted molar refractivity (Wildman–Crippen MR) is 167 cm³/mol. The molecule has 0 aliphatic rings. The van der Waals surface area contributed by atoms with E-state index in [9.17, 15) is 44.1 Å². The summed E-state index contributed by atoms with van der Waals surface area (Å²) in [7, 11) is 0. The number of carboxylic acid groups (broad SMARTS) is 6. The largest absolute Gasteiger partial charge is 1.00 e. The van der Waals surface area contributed by atoms with Crippen LogP contribution in [0.25, 0.3) is 0 Å². The Bertz CT molecular complexity index is 1350. The molecule has 0 saturated heterocycles. The van der Waals surface area contributed by atoms with Gasteiger partial charge < -0.3 is 40.2 Å². The number of aliphatic carboxylic acids is 5. The Morgan fingerprint density at radius 2 is 0.918 bits per heavy atom. The van der Waals surface area contributed by atoms with Crippen molar-refractivity contribution in [2.45, 2.75) is 70.6 Å². The Hall–Kier alpha value is -3.52. The monoisotopic (exact) mass is 698 g/mol. The molecule has 0 saturated carbocycles. The summed E-state index contributed by atoms with van der Waals surface area (Å²) in [5.41, 5.74) is 3.18. The second-order valence-corrected chi connectivity index (χ2v) is 11.0. The molecule has 4 N–H and O–H groups in total. The molecule has 0 aliphatic heterocycles. The minimum atomic E-state index is -1.37. The fraction of sp³-hybridized carbons (Fsp3) is 0.314. The molecule has 3 aromatic rings. The normalized spacial score (nSPS) is 9.63. The van der Waals surface area contributed by atoms with Crippen LogP contribution in [0, 0.1) is 0 Å². The van der Waals surface area contributed by atoms with Gasteiger partial charge in [-0.2, -0.15) is 0 Å². The number of unbranched alkanes of at least 4 members (excludes halogenated alkanes) is 1. The van der Waals surface area contributed by atoms with E-state index in [1.165, 1.54) is 0 Å². The van der Waals surface area contributed by atoms with E-state index in [0.717, 1.165) is 16.7 Å². The zero-order valence-electron chi connectivity index (χ0n) is 28.5. The van der Waals surface area contributed by atoms with Crippen LogP contribution in [0.2, 0.25) is 0 Å². The predicted octanol–water partition coefficient (Wildman–Crippen LogP) is -2.42. The van der Waals surface area contributed by atoms with Crippen LogP contribution < -0.4 is 69.3 Å². The van der Waals surface area contributed by atoms with Crippen molar-refractivity contribution in [3.05, 3.63) is 107 Å². The van der Waals surface area contributed by atoms with Gasteiger partial charge in [0.05, 0.1) is 5.56 Å². The Kier molecular flexibility index (Phi) is 27.8. The van der Waals surface area contributed by atoms with Crippen molar-refractivity contribution in [1.29, 1.82) is 0 Å². The quantitative estimate of drug-likeness (QED) is 0.114. The minimum Gasteiger partial charge on any atom is -0.550 e. The molecule has 0 amide bonds. The zero-order valence-corrected chi connectivity index (χ0v) is 32.5. The summed E-state index contributed by atoms with van der Waals surface area (Å²) in [6.45, 7) is 6.30. The SMILES string of the molecule is CC(C)(C)c1ccc(C(=O)O)cc1.O=C(O)C(c1ccccc1)c1ccccc1.O=C(O)CCCCC(=O)O.O=C([O-])CCC(=O)[O-].[Na+].[Na+]. The van der Waals surface area contributed by atoms with Crippen LogP contribution in [-0.2, 0) is 29.4 Å². The molecule has 3 aromatic carbocycles. The number of carboxylic acids is 6. The van der Waals surface area contributed by atoms with Gasteiger partial charge >= 0.3 is 83.0 Å². The standard InChI is InChI=1S/C14H12O2.C11H14O2.C6H10O4.C4H6O4.2Na/c15-14(16)13(11-7-3-1-4-8-11)12-9-5-2-6-10-12;1-11(2,3)9-6-4-8(5-7-9)10(12)13;7-5(8)3-1-2-4-6(9)10;5-3(6)1-2-4(7)8;;/h1-10,13H,(H,15,16);4-7H,1-3H3,(H,12,13);1-4H2,(H,7,8)(H,9,10);1-2H2,(H,5,6)(H,7,8);;/q;;;;2*+1/p-2. The van der Waals surface area contributed by atoms with Crippen LogP contribution in [0.1, 0.15) is 92.3 Å². The summed E-state index contributed by atoms with van der Waals surface area (Å²) >= 11 is 0. The Balaban J connectivity index is -0.000000588. The van der Waals surface area contributed by atoms with Gasteiger partial charge in [-0.1, -0.05) is 93.6 Å². The van der Waals surface area contributed by atoms with E-state index >= 15 is 0 Å². The summed E-state index contributed by atoms with van der Waals surface area (Å²) in [6, 6.07) is 25.6. The molecule has 254 valence electrons. The second kappa shape index (κ2) is 27.3. The van der Waals surface area contributed by atoms with Gasteiger partial charge in [0.1, 0.15) is 5.92 Å². The van der Waals surface area contributed by atoms with Crippen molar-refractivity contribution >= 4 is 35.8 Å². The van der Waals surface area contributed by atoms with Gasteiger partial charge in [0.15, 0.2) is 0 Å². The molecular formula is C35H40Na2O12. The van der Waals surface area contributed by atoms with E-state index < -0.39 is 54.6 Å². The van der Waals surface area contributed by atoms with Crippen molar-refractivity contribution in [3.63, 3.8) is 0 Å². The molecular weight excluding hydrogens is 658 g/mol. The second-order valence-electron chi connectivity index (χ2n) is 11.0. The summed E-state index contributed by atoms with van der Waals surface area (Å²) < 4.78 is 0. The Morgan fingerprint density at radius 3 is 1.16 bits per heavy atom. The molecule has 0 bridgehead atoms. The molecule has 3 rings (SSSR count). The van der Waals surface area contributed by atoms with Gasteiger partial charge in [-0.25, -0.2) is 4.79 Å². The summed E-state index contributed by atoms with van der Waals surface area (Å²) in [5.74, 6) is -6.75. The van der Waals surface area contributed by atoms with Gasteiger partial charge in [0.2, 0.25) is 0 Å². The summed E-state index contributed by atoms with van der Waals surface area (Å²) in [4.78, 5) is 60.7. The van der Waals surface area contributed by atoms with Crippen LogP contribution in [0.3, 0.4) is 0 Å². The maximum atomic E-state index is 11.3. The maximum absolute atomic E-state index is 11.3. The van der Waals surface area contributed by atoms with Crippen LogP contribution >= 0.6 is 0 Å². The molecule has 0 radical (unpaired) electrons. The third-order valence-electron chi connectivity index (χ3n) is 6.08. The summed E-state index contributed by atoms with van der Waals surface area (Å²) in [5, 5.41) is 53.2. The van der Waals surface area contributed by atoms with Gasteiger partial charge in [-0.3, -0.25) is 14.4 Å². The van der Waals surface area contributed by atoms with Gasteiger partial charge in [-0.05, 0) is 59.9 Å². The van der Waals surface area contributed by atoms with Crippen molar-refractivity contribution in [2.24, 2.45) is 0 Å². The third-order valence-corrected chi connectivity index (χ3v) is 6.08. The van der Waals surface area contributed by atoms with Crippen LogP contribution in [0.15, 0.2) is 84.9 Å². The average Bonchev–Trinajstić information content (AvgIpc) is 3.00. The van der Waals surface area contributed by atoms with E-state index in [2.05, 4.69) is 20.8 Å². The Morgan fingerprint density at radius 1 is 0.571 bits per heavy atom. The molecule has 14 heteroatoms. The number of carbonyl (C=O) groups is 6. The fourth-order valence-electron chi connectivity index (χ4n) is 3.64. The fourth-order valence-corrected chi connectivity index (χ4v) is 3.64. The molecule has 0 atom stereocenters. The molecule has 0 heterocycles. The number of hydrogen-bond acceptors (Lipinski definition) is 8. The van der Waals surface area contributed by atoms with Gasteiger partial charge in [0, 0.05) is 24.8 Å². The third kappa shape index (κ3) is 25.2. The van der Waals surface area contributed by atoms with Gasteiger partial charge in [-0.15, -0.1) is 0 Å². The molecule has 0 unspecified atom stereocenters. The molecule has 0 aromatic heterocycles. The Labute approximate surface area is 329 Å². The first-order chi connectivity index (χ1) is 21.9. The van der Waals surface area contributed by atoms with Crippen LogP contribution in [0.5, 0.6) is 0 Å². The molecule has 0 spiro atoms. The van der Waals surface area contributed by atoms with Gasteiger partial charge in [0.25, 0.3) is 0 Å². The summed E-state index contributed by atoms with van der Waals surface area (Å²) in [6.07, 6.45) is 0.0779. The first-order valence-electron chi connectivity index (χ1n) is 14.5. The number of benzene rings is 3. The van der Waals surface area contributed by atoms with Crippen LogP contribution in [0.4, 0.5) is 0 Å². The minimum absolute atomic E-state index is 0. The average molecular weight is 699 g/mol. The van der Waals surface area contributed by atoms with Crippen molar-refractivity contribution in [3.8, 4) is 0 Å². The van der Waals surface area contributed by atoms with E-state index in [1.54, 1.807) is 12.1 Å². The van der Waals surface area contributed by atoms with E-state index in [1.807, 2.05) is 72.8 Å². The number of aromatic carboxylic acids is 1. The molecule has 0 fully saturated rings. The topological polar surface area (TPSA) is 229 Å². The molecule has 49 heavy (non-hydrogen) atoms. The molecule has 0 aliphatic carbocycles. The van der Waals surface area contributed by atoms with Crippen LogP contribution in [-0.4, -0.2) is 56.2 Å². The first kappa shape index (κ1) is 49.9. The van der Waals surface area contributed by atoms with E-state index in [0.29, 0.717) is 18.4 Å². The number of carbonyl (C=O) groups excluding carboxylic acids is 2. The maximum Gasteiger partial charge on any atom is 1.00 e. The van der Waals surface area contributed by atoms with E-state index in [4.69, 9.17) is 15.3 Å². The molecule has 12 nitrogen and oxygen atoms in total. The van der Waals surface area contributed by atoms with E-state index in [-0.39, 0.29) is 77.4 Å². The van der Waals surface area contributed by atoms with Crippen molar-refractivity contribution < 1.29 is 119 Å². The smallest absolute Gasteiger partial charge is 0.550 e. The zero-order chi connectivity index (χ0) is 36.0. The van der Waals surface area contributed by atoms with Crippen molar-refractivity contribution in [1.82, 2.24) is 0 Å². The first-order valence-corrected chi connectivity index (χ1v) is 14.5. The number of hydrogen-bond donors (Lipinski definition) is 4. The van der Waals surface area contributed by atoms with Crippen molar-refractivity contribution in [2.75, 3.05) is 0 Å².